The van der Waals surface area contributed by atoms with Crippen molar-refractivity contribution in [2.45, 2.75) is 72.6 Å². The number of amides is 1. The summed E-state index contributed by atoms with van der Waals surface area (Å²) in [7, 11) is 0. The molecule has 0 fully saturated rings. The maximum atomic E-state index is 11.6. The van der Waals surface area contributed by atoms with Crippen LogP contribution < -0.4 is 5.32 Å². The molecule has 0 bridgehead atoms. The fourth-order valence-electron chi connectivity index (χ4n) is 2.39. The minimum absolute atomic E-state index is 0.123. The maximum Gasteiger partial charge on any atom is 0.306 e. The number of rotatable bonds is 12. The Bertz CT molecular complexity index is 300. The van der Waals surface area contributed by atoms with E-state index in [0.29, 0.717) is 25.3 Å². The van der Waals surface area contributed by atoms with E-state index in [2.05, 4.69) is 19.2 Å². The van der Waals surface area contributed by atoms with Gasteiger partial charge in [-0.3, -0.25) is 9.59 Å². The fraction of sp³-hybridized carbons (Fsp3) is 0.882. The van der Waals surface area contributed by atoms with Crippen LogP contribution >= 0.6 is 0 Å². The molecule has 0 aliphatic heterocycles. The van der Waals surface area contributed by atoms with Crippen molar-refractivity contribution >= 4 is 11.9 Å². The summed E-state index contributed by atoms with van der Waals surface area (Å²) in [6.07, 6.45) is 6.25. The lowest BCUT2D eigenvalue weighted by Crippen LogP contribution is -2.24. The number of nitrogens with one attached hydrogen (secondary N) is 1. The van der Waals surface area contributed by atoms with Crippen LogP contribution in [0.3, 0.4) is 0 Å². The van der Waals surface area contributed by atoms with Gasteiger partial charge < -0.3 is 10.4 Å². The van der Waals surface area contributed by atoms with Crippen LogP contribution in [-0.2, 0) is 9.59 Å². The molecule has 0 aromatic carbocycles. The van der Waals surface area contributed by atoms with Crippen LogP contribution in [0, 0.1) is 17.8 Å². The summed E-state index contributed by atoms with van der Waals surface area (Å²) in [5.74, 6) is 0.0163. The molecule has 0 saturated heterocycles. The first-order valence-corrected chi connectivity index (χ1v) is 8.34. The van der Waals surface area contributed by atoms with E-state index < -0.39 is 5.97 Å². The summed E-state index contributed by atoms with van der Waals surface area (Å²) >= 11 is 0. The van der Waals surface area contributed by atoms with E-state index in [9.17, 15) is 9.59 Å². The van der Waals surface area contributed by atoms with Crippen molar-refractivity contribution in [1.82, 2.24) is 5.32 Å². The Kier molecular flexibility index (Phi) is 11.0. The average Bonchev–Trinajstić information content (AvgIpc) is 2.37. The summed E-state index contributed by atoms with van der Waals surface area (Å²) in [4.78, 5) is 22.6. The lowest BCUT2D eigenvalue weighted by molar-refractivity contribution is -0.143. The first-order valence-electron chi connectivity index (χ1n) is 8.34. The zero-order chi connectivity index (χ0) is 16.3. The average molecular weight is 299 g/mol. The molecule has 4 nitrogen and oxygen atoms in total. The predicted octanol–water partition coefficient (Wildman–Crippen LogP) is 3.85. The zero-order valence-corrected chi connectivity index (χ0v) is 14.2. The minimum Gasteiger partial charge on any atom is -0.481 e. The second-order valence-electron chi connectivity index (χ2n) is 6.67. The van der Waals surface area contributed by atoms with Crippen LogP contribution in [0.1, 0.15) is 72.6 Å². The number of carboxylic acid groups (broad SMARTS) is 1. The van der Waals surface area contributed by atoms with Crippen LogP contribution in [0.5, 0.6) is 0 Å². The Labute approximate surface area is 129 Å². The molecule has 0 saturated carbocycles. The van der Waals surface area contributed by atoms with Crippen LogP contribution in [0.15, 0.2) is 0 Å². The van der Waals surface area contributed by atoms with Gasteiger partial charge in [0.2, 0.25) is 5.91 Å². The Morgan fingerprint density at radius 3 is 2.10 bits per heavy atom. The molecule has 0 spiro atoms. The molecule has 124 valence electrons. The van der Waals surface area contributed by atoms with E-state index in [0.717, 1.165) is 25.7 Å². The molecule has 0 rings (SSSR count). The first-order chi connectivity index (χ1) is 9.84. The largest absolute Gasteiger partial charge is 0.481 e. The highest BCUT2D eigenvalue weighted by Gasteiger charge is 2.20. The number of hydrogen-bond donors (Lipinski definition) is 2. The van der Waals surface area contributed by atoms with Crippen molar-refractivity contribution < 1.29 is 14.7 Å². The van der Waals surface area contributed by atoms with Gasteiger partial charge in [-0.25, -0.2) is 0 Å². The van der Waals surface area contributed by atoms with E-state index in [4.69, 9.17) is 5.11 Å². The number of unbranched alkanes of at least 4 members (excludes halogenated alkanes) is 2. The standard InChI is InChI=1S/C17H33NO3/c1-13(2)9-5-6-11-16(19)18-12-8-7-10-15(14(3)4)17(20)21/h13-15H,5-12H2,1-4H3,(H,18,19)(H,20,21). The quantitative estimate of drug-likeness (QED) is 0.538. The Morgan fingerprint density at radius 2 is 1.57 bits per heavy atom. The van der Waals surface area contributed by atoms with Gasteiger partial charge in [-0.05, 0) is 31.1 Å². The van der Waals surface area contributed by atoms with Crippen LogP contribution in [-0.4, -0.2) is 23.5 Å². The highest BCUT2D eigenvalue weighted by atomic mass is 16.4. The van der Waals surface area contributed by atoms with Gasteiger partial charge in [-0.1, -0.05) is 47.0 Å². The first kappa shape index (κ1) is 19.9. The van der Waals surface area contributed by atoms with E-state index in [1.54, 1.807) is 0 Å². The molecule has 0 aromatic heterocycles. The van der Waals surface area contributed by atoms with E-state index in [1.165, 1.54) is 6.42 Å². The monoisotopic (exact) mass is 299 g/mol. The molecule has 0 heterocycles. The zero-order valence-electron chi connectivity index (χ0n) is 14.2. The summed E-state index contributed by atoms with van der Waals surface area (Å²) in [5.41, 5.74) is 0. The van der Waals surface area contributed by atoms with Crippen LogP contribution in [0.25, 0.3) is 0 Å². The maximum absolute atomic E-state index is 11.6. The summed E-state index contributed by atoms with van der Waals surface area (Å²) in [6.45, 7) is 8.94. The van der Waals surface area contributed by atoms with Gasteiger partial charge in [0.15, 0.2) is 0 Å². The minimum atomic E-state index is -0.709. The van der Waals surface area contributed by atoms with Gasteiger partial charge >= 0.3 is 5.97 Å². The lowest BCUT2D eigenvalue weighted by Gasteiger charge is -2.15. The molecule has 4 heteroatoms. The molecule has 2 N–H and O–H groups in total. The second kappa shape index (κ2) is 11.6. The Balaban J connectivity index is 3.57. The van der Waals surface area contributed by atoms with E-state index >= 15 is 0 Å². The topological polar surface area (TPSA) is 66.4 Å². The van der Waals surface area contributed by atoms with Gasteiger partial charge in [0.05, 0.1) is 5.92 Å². The fourth-order valence-corrected chi connectivity index (χ4v) is 2.39. The van der Waals surface area contributed by atoms with Crippen LogP contribution in [0.4, 0.5) is 0 Å². The molecule has 1 atom stereocenters. The molecule has 0 aliphatic carbocycles. The molecule has 21 heavy (non-hydrogen) atoms. The lowest BCUT2D eigenvalue weighted by atomic mass is 9.91. The summed E-state index contributed by atoms with van der Waals surface area (Å²) in [6, 6.07) is 0. The van der Waals surface area contributed by atoms with E-state index in [1.807, 2.05) is 13.8 Å². The van der Waals surface area contributed by atoms with Crippen molar-refractivity contribution in [2.24, 2.45) is 17.8 Å². The van der Waals surface area contributed by atoms with Crippen molar-refractivity contribution in [1.29, 1.82) is 0 Å². The number of hydrogen-bond acceptors (Lipinski definition) is 2. The SMILES string of the molecule is CC(C)CCCCC(=O)NCCCCC(C(=O)O)C(C)C. The Hall–Kier alpha value is -1.06. The Morgan fingerprint density at radius 1 is 0.952 bits per heavy atom. The van der Waals surface area contributed by atoms with E-state index in [-0.39, 0.29) is 17.7 Å². The molecule has 0 radical (unpaired) electrons. The van der Waals surface area contributed by atoms with Crippen molar-refractivity contribution in [3.63, 3.8) is 0 Å². The summed E-state index contributed by atoms with van der Waals surface area (Å²) in [5, 5.41) is 12.0. The molecule has 0 aromatic rings. The van der Waals surface area contributed by atoms with Crippen molar-refractivity contribution in [3.05, 3.63) is 0 Å². The molecule has 0 aliphatic rings. The van der Waals surface area contributed by atoms with Gasteiger partial charge in [0.25, 0.3) is 0 Å². The van der Waals surface area contributed by atoms with Gasteiger partial charge in [-0.15, -0.1) is 0 Å². The number of aliphatic carboxylic acids is 1. The number of carboxylic acids is 1. The highest BCUT2D eigenvalue weighted by molar-refractivity contribution is 5.75. The van der Waals surface area contributed by atoms with Crippen molar-refractivity contribution in [3.8, 4) is 0 Å². The normalized spacial score (nSPS) is 12.7. The predicted molar refractivity (Wildman–Crippen MR) is 86.1 cm³/mol. The van der Waals surface area contributed by atoms with Gasteiger partial charge in [0.1, 0.15) is 0 Å². The molecule has 1 amide bonds. The third kappa shape index (κ3) is 11.3. The van der Waals surface area contributed by atoms with Gasteiger partial charge in [-0.2, -0.15) is 0 Å². The number of carbonyl (C=O) groups is 2. The second-order valence-corrected chi connectivity index (χ2v) is 6.67. The summed E-state index contributed by atoms with van der Waals surface area (Å²) < 4.78 is 0. The smallest absolute Gasteiger partial charge is 0.306 e. The van der Waals surface area contributed by atoms with Gasteiger partial charge in [0, 0.05) is 13.0 Å². The molecular weight excluding hydrogens is 266 g/mol. The number of carbonyl (C=O) groups excluding carboxylic acids is 1. The third-order valence-corrected chi connectivity index (χ3v) is 3.82. The molecule has 1 unspecified atom stereocenters. The third-order valence-electron chi connectivity index (χ3n) is 3.82. The highest BCUT2D eigenvalue weighted by Crippen LogP contribution is 2.18. The van der Waals surface area contributed by atoms with Crippen molar-refractivity contribution in [2.75, 3.05) is 6.54 Å². The molecular formula is C17H33NO3. The van der Waals surface area contributed by atoms with Crippen LogP contribution in [0.2, 0.25) is 0 Å².